The molecule has 0 saturated heterocycles. The Morgan fingerprint density at radius 3 is 1.97 bits per heavy atom. The number of carbonyl (C=O) groups excluding carboxylic acids is 2. The minimum absolute atomic E-state index is 0.0143. The van der Waals surface area contributed by atoms with Crippen LogP contribution in [0.1, 0.15) is 23.7 Å². The summed E-state index contributed by atoms with van der Waals surface area (Å²) in [5, 5.41) is 21.8. The van der Waals surface area contributed by atoms with Gasteiger partial charge >= 0.3 is 0 Å². The molecule has 0 aliphatic rings. The molecule has 0 unspecified atom stereocenters. The number of nitrogens with one attached hydrogen (secondary N) is 4. The van der Waals surface area contributed by atoms with Gasteiger partial charge in [-0.25, -0.2) is 0 Å². The second-order valence-corrected chi connectivity index (χ2v) is 6.43. The number of benzene rings is 2. The van der Waals surface area contributed by atoms with Crippen molar-refractivity contribution in [2.45, 2.75) is 13.3 Å². The molecule has 0 atom stereocenters. The number of hydrogen-bond donors (Lipinski definition) is 4. The summed E-state index contributed by atoms with van der Waals surface area (Å²) in [4.78, 5) is 34.0. The number of nitrogens with zero attached hydrogens (tertiary/aromatic N) is 1. The number of hydrogen-bond acceptors (Lipinski definition) is 6. The van der Waals surface area contributed by atoms with Crippen LogP contribution in [0.5, 0.6) is 0 Å². The molecule has 0 aliphatic heterocycles. The van der Waals surface area contributed by atoms with Crippen LogP contribution < -0.4 is 21.3 Å². The number of nitro benzene ring substituents is 1. The number of nitro groups is 1. The van der Waals surface area contributed by atoms with Gasteiger partial charge in [0.25, 0.3) is 11.6 Å². The topological polar surface area (TPSA) is 125 Å². The van der Waals surface area contributed by atoms with Crippen molar-refractivity contribution in [2.24, 2.45) is 0 Å². The SMILES string of the molecule is CCC(=O)NC(=S)Nc1ccc(NC(=S)NC(=O)c2ccccc2[N+](=O)[O-])cc1. The van der Waals surface area contributed by atoms with E-state index in [1.807, 2.05) is 0 Å². The highest BCUT2D eigenvalue weighted by Crippen LogP contribution is 2.17. The number of rotatable bonds is 5. The largest absolute Gasteiger partial charge is 0.332 e. The lowest BCUT2D eigenvalue weighted by Gasteiger charge is -2.12. The number of para-hydroxylation sites is 1. The molecular weight excluding hydrogens is 414 g/mol. The molecule has 2 aromatic carbocycles. The van der Waals surface area contributed by atoms with E-state index in [1.165, 1.54) is 24.3 Å². The lowest BCUT2D eigenvalue weighted by molar-refractivity contribution is -0.385. The third-order valence-electron chi connectivity index (χ3n) is 3.55. The molecule has 0 aliphatic carbocycles. The number of carbonyl (C=O) groups is 2. The molecule has 29 heavy (non-hydrogen) atoms. The van der Waals surface area contributed by atoms with Gasteiger partial charge in [-0.1, -0.05) is 19.1 Å². The molecule has 4 N–H and O–H groups in total. The molecule has 2 rings (SSSR count). The fourth-order valence-corrected chi connectivity index (χ4v) is 2.61. The standard InChI is InChI=1S/C18H17N5O4S2/c1-2-15(24)21-17(28)19-11-7-9-12(10-8-11)20-18(29)22-16(25)13-5-3-4-6-14(13)23(26)27/h3-10H,2H2,1H3,(H2,19,21,24,28)(H2,20,22,25,29). The predicted molar refractivity (Wildman–Crippen MR) is 118 cm³/mol. The van der Waals surface area contributed by atoms with Gasteiger partial charge in [0.05, 0.1) is 4.92 Å². The van der Waals surface area contributed by atoms with Gasteiger partial charge in [-0.2, -0.15) is 0 Å². The normalized spacial score (nSPS) is 9.83. The molecule has 0 bridgehead atoms. The van der Waals surface area contributed by atoms with Crippen LogP contribution in [0.25, 0.3) is 0 Å². The van der Waals surface area contributed by atoms with E-state index in [4.69, 9.17) is 24.4 Å². The van der Waals surface area contributed by atoms with Crippen molar-refractivity contribution in [1.29, 1.82) is 0 Å². The van der Waals surface area contributed by atoms with Gasteiger partial charge in [0.15, 0.2) is 10.2 Å². The summed E-state index contributed by atoms with van der Waals surface area (Å²) in [7, 11) is 0. The first-order valence-corrected chi connectivity index (χ1v) is 9.18. The zero-order valence-corrected chi connectivity index (χ0v) is 16.9. The maximum Gasteiger partial charge on any atom is 0.282 e. The lowest BCUT2D eigenvalue weighted by atomic mass is 10.1. The molecular formula is C18H17N5O4S2. The first-order valence-electron chi connectivity index (χ1n) is 8.36. The van der Waals surface area contributed by atoms with Gasteiger partial charge in [0.2, 0.25) is 5.91 Å². The summed E-state index contributed by atoms with van der Waals surface area (Å²) in [5.74, 6) is -0.884. The highest BCUT2D eigenvalue weighted by atomic mass is 32.1. The Morgan fingerprint density at radius 1 is 0.931 bits per heavy atom. The number of thiocarbonyl (C=S) groups is 2. The van der Waals surface area contributed by atoms with Crippen LogP contribution in [0.3, 0.4) is 0 Å². The van der Waals surface area contributed by atoms with Crippen molar-refractivity contribution in [3.63, 3.8) is 0 Å². The Kier molecular flexibility index (Phi) is 7.69. The van der Waals surface area contributed by atoms with Crippen molar-refractivity contribution in [1.82, 2.24) is 10.6 Å². The Morgan fingerprint density at radius 2 is 1.45 bits per heavy atom. The summed E-state index contributed by atoms with van der Waals surface area (Å²) in [6.45, 7) is 1.72. The van der Waals surface area contributed by atoms with Crippen molar-refractivity contribution in [3.8, 4) is 0 Å². The van der Waals surface area contributed by atoms with E-state index < -0.39 is 10.8 Å². The van der Waals surface area contributed by atoms with E-state index in [1.54, 1.807) is 31.2 Å². The van der Waals surface area contributed by atoms with Crippen LogP contribution in [-0.4, -0.2) is 27.0 Å². The summed E-state index contributed by atoms with van der Waals surface area (Å²) in [5.41, 5.74) is 0.817. The number of anilines is 2. The van der Waals surface area contributed by atoms with Crippen LogP contribution >= 0.6 is 24.4 Å². The zero-order chi connectivity index (χ0) is 21.4. The van der Waals surface area contributed by atoms with Crippen molar-refractivity contribution in [2.75, 3.05) is 10.6 Å². The van der Waals surface area contributed by atoms with Gasteiger partial charge in [-0.05, 0) is 54.8 Å². The molecule has 0 fully saturated rings. The molecule has 0 saturated carbocycles. The average molecular weight is 431 g/mol. The summed E-state index contributed by atoms with van der Waals surface area (Å²) in [6.07, 6.45) is 0.319. The van der Waals surface area contributed by atoms with E-state index >= 15 is 0 Å². The fourth-order valence-electron chi connectivity index (χ4n) is 2.17. The van der Waals surface area contributed by atoms with Gasteiger partial charge in [-0.3, -0.25) is 25.0 Å². The molecule has 0 spiro atoms. The highest BCUT2D eigenvalue weighted by molar-refractivity contribution is 7.80. The molecule has 0 radical (unpaired) electrons. The van der Waals surface area contributed by atoms with E-state index in [0.717, 1.165) is 0 Å². The molecule has 150 valence electrons. The highest BCUT2D eigenvalue weighted by Gasteiger charge is 2.19. The van der Waals surface area contributed by atoms with Crippen LogP contribution in [0.15, 0.2) is 48.5 Å². The van der Waals surface area contributed by atoms with E-state index in [9.17, 15) is 19.7 Å². The molecule has 2 aromatic rings. The van der Waals surface area contributed by atoms with Gasteiger partial charge in [-0.15, -0.1) is 0 Å². The average Bonchev–Trinajstić information content (AvgIpc) is 2.69. The Hall–Kier alpha value is -3.44. The van der Waals surface area contributed by atoms with E-state index in [2.05, 4.69) is 21.3 Å². The number of amides is 2. The lowest BCUT2D eigenvalue weighted by Crippen LogP contribution is -2.34. The summed E-state index contributed by atoms with van der Waals surface area (Å²) in [6, 6.07) is 12.3. The second kappa shape index (κ2) is 10.2. The Labute approximate surface area is 177 Å². The molecule has 0 aromatic heterocycles. The monoisotopic (exact) mass is 431 g/mol. The maximum atomic E-state index is 12.3. The zero-order valence-electron chi connectivity index (χ0n) is 15.2. The maximum absolute atomic E-state index is 12.3. The third-order valence-corrected chi connectivity index (χ3v) is 3.96. The predicted octanol–water partition coefficient (Wildman–Crippen LogP) is 2.94. The summed E-state index contributed by atoms with van der Waals surface area (Å²) < 4.78 is 0. The molecule has 2 amide bonds. The minimum atomic E-state index is -0.690. The minimum Gasteiger partial charge on any atom is -0.332 e. The van der Waals surface area contributed by atoms with Gasteiger partial charge < -0.3 is 16.0 Å². The second-order valence-electron chi connectivity index (χ2n) is 5.62. The first kappa shape index (κ1) is 21.9. The first-order chi connectivity index (χ1) is 13.8. The molecule has 9 nitrogen and oxygen atoms in total. The molecule has 11 heteroatoms. The van der Waals surface area contributed by atoms with Crippen LogP contribution in [0, 0.1) is 10.1 Å². The van der Waals surface area contributed by atoms with E-state index in [-0.39, 0.29) is 27.4 Å². The van der Waals surface area contributed by atoms with Crippen LogP contribution in [0.2, 0.25) is 0 Å². The van der Waals surface area contributed by atoms with E-state index in [0.29, 0.717) is 17.8 Å². The third kappa shape index (κ3) is 6.59. The van der Waals surface area contributed by atoms with Gasteiger partial charge in [0, 0.05) is 23.9 Å². The summed E-state index contributed by atoms with van der Waals surface area (Å²) >= 11 is 10.1. The van der Waals surface area contributed by atoms with Crippen LogP contribution in [-0.2, 0) is 4.79 Å². The van der Waals surface area contributed by atoms with Crippen LogP contribution in [0.4, 0.5) is 17.1 Å². The smallest absolute Gasteiger partial charge is 0.282 e. The Bertz CT molecular complexity index is 963. The van der Waals surface area contributed by atoms with Crippen molar-refractivity contribution < 1.29 is 14.5 Å². The van der Waals surface area contributed by atoms with Crippen molar-refractivity contribution >= 4 is 63.5 Å². The Balaban J connectivity index is 1.94. The van der Waals surface area contributed by atoms with Crippen molar-refractivity contribution in [3.05, 3.63) is 64.2 Å². The van der Waals surface area contributed by atoms with Gasteiger partial charge in [0.1, 0.15) is 5.56 Å². The quantitative estimate of drug-likeness (QED) is 0.323. The molecule has 0 heterocycles. The fraction of sp³-hybridized carbons (Fsp3) is 0.111.